The molecule has 1 amide bonds. The number of anilines is 1. The van der Waals surface area contributed by atoms with Crippen molar-refractivity contribution in [3.63, 3.8) is 0 Å². The van der Waals surface area contributed by atoms with Gasteiger partial charge in [-0.15, -0.1) is 5.10 Å². The molecule has 0 aromatic carbocycles. The summed E-state index contributed by atoms with van der Waals surface area (Å²) in [6.07, 6.45) is 7.20. The largest absolute Gasteiger partial charge is 0.353 e. The summed E-state index contributed by atoms with van der Waals surface area (Å²) >= 11 is 0. The van der Waals surface area contributed by atoms with E-state index < -0.39 is 0 Å². The molecular weight excluding hydrogens is 316 g/mol. The molecule has 25 heavy (non-hydrogen) atoms. The van der Waals surface area contributed by atoms with Gasteiger partial charge in [-0.25, -0.2) is 4.98 Å². The molecule has 2 aliphatic heterocycles. The number of nitrogens with zero attached hydrogens (tertiary/aromatic N) is 5. The van der Waals surface area contributed by atoms with Gasteiger partial charge in [0.25, 0.3) is 5.91 Å². The molecule has 1 atom stereocenters. The van der Waals surface area contributed by atoms with E-state index in [1.54, 1.807) is 0 Å². The van der Waals surface area contributed by atoms with Crippen LogP contribution in [0.1, 0.15) is 47.7 Å². The lowest BCUT2D eigenvalue weighted by Crippen LogP contribution is -2.48. The van der Waals surface area contributed by atoms with Crippen LogP contribution in [-0.2, 0) is 13.0 Å². The fourth-order valence-electron chi connectivity index (χ4n) is 3.64. The van der Waals surface area contributed by atoms with E-state index in [9.17, 15) is 4.79 Å². The Kier molecular flexibility index (Phi) is 4.38. The maximum Gasteiger partial charge on any atom is 0.271 e. The SMILES string of the molecule is Cc1ccc(N2CCCC(NC(=O)c3cn4c(n3)CCCC4)C2)nn1. The highest BCUT2D eigenvalue weighted by molar-refractivity contribution is 5.92. The molecule has 4 rings (SSSR count). The Labute approximate surface area is 147 Å². The summed E-state index contributed by atoms with van der Waals surface area (Å²) in [5.41, 5.74) is 1.46. The van der Waals surface area contributed by atoms with E-state index in [1.165, 1.54) is 6.42 Å². The number of amides is 1. The Hall–Kier alpha value is -2.44. The minimum absolute atomic E-state index is 0.0660. The second kappa shape index (κ2) is 6.82. The van der Waals surface area contributed by atoms with Crippen LogP contribution >= 0.6 is 0 Å². The number of carbonyl (C=O) groups excluding carboxylic acids is 1. The van der Waals surface area contributed by atoms with E-state index in [0.29, 0.717) is 5.69 Å². The van der Waals surface area contributed by atoms with Crippen molar-refractivity contribution < 1.29 is 4.79 Å². The molecule has 1 unspecified atom stereocenters. The molecule has 0 bridgehead atoms. The quantitative estimate of drug-likeness (QED) is 0.921. The molecule has 7 heteroatoms. The van der Waals surface area contributed by atoms with Crippen LogP contribution in [0.4, 0.5) is 5.82 Å². The highest BCUT2D eigenvalue weighted by atomic mass is 16.2. The van der Waals surface area contributed by atoms with Gasteiger partial charge in [0, 0.05) is 38.3 Å². The highest BCUT2D eigenvalue weighted by Crippen LogP contribution is 2.18. The summed E-state index contributed by atoms with van der Waals surface area (Å²) in [6, 6.07) is 4.08. The summed E-state index contributed by atoms with van der Waals surface area (Å²) in [5, 5.41) is 11.5. The molecule has 1 saturated heterocycles. The Bertz CT molecular complexity index is 730. The minimum Gasteiger partial charge on any atom is -0.353 e. The Morgan fingerprint density at radius 3 is 2.92 bits per heavy atom. The van der Waals surface area contributed by atoms with Crippen LogP contribution in [0.3, 0.4) is 0 Å². The average molecular weight is 340 g/mol. The number of aryl methyl sites for hydroxylation is 3. The summed E-state index contributed by atoms with van der Waals surface area (Å²) in [7, 11) is 0. The zero-order valence-corrected chi connectivity index (χ0v) is 14.6. The maximum atomic E-state index is 12.6. The Morgan fingerprint density at radius 1 is 1.20 bits per heavy atom. The van der Waals surface area contributed by atoms with Gasteiger partial charge in [-0.3, -0.25) is 4.79 Å². The van der Waals surface area contributed by atoms with Gasteiger partial charge in [-0.05, 0) is 44.7 Å². The van der Waals surface area contributed by atoms with E-state index in [2.05, 4.69) is 30.0 Å². The lowest BCUT2D eigenvalue weighted by Gasteiger charge is -2.33. The normalized spacial score (nSPS) is 20.2. The molecule has 7 nitrogen and oxygen atoms in total. The van der Waals surface area contributed by atoms with Crippen molar-refractivity contribution in [3.05, 3.63) is 35.5 Å². The van der Waals surface area contributed by atoms with Crippen LogP contribution in [0.5, 0.6) is 0 Å². The van der Waals surface area contributed by atoms with Gasteiger partial charge >= 0.3 is 0 Å². The fourth-order valence-corrected chi connectivity index (χ4v) is 3.64. The number of imidazole rings is 1. The zero-order chi connectivity index (χ0) is 17.2. The number of rotatable bonds is 3. The number of carbonyl (C=O) groups is 1. The van der Waals surface area contributed by atoms with Crippen molar-refractivity contribution in [1.82, 2.24) is 25.1 Å². The first kappa shape index (κ1) is 16.1. The van der Waals surface area contributed by atoms with E-state index in [1.807, 2.05) is 25.3 Å². The third kappa shape index (κ3) is 3.50. The number of hydrogen-bond acceptors (Lipinski definition) is 5. The average Bonchev–Trinajstić information content (AvgIpc) is 3.07. The molecule has 2 aromatic heterocycles. The first-order valence-electron chi connectivity index (χ1n) is 9.11. The van der Waals surface area contributed by atoms with Crippen LogP contribution in [0.25, 0.3) is 0 Å². The summed E-state index contributed by atoms with van der Waals surface area (Å²) < 4.78 is 2.12. The van der Waals surface area contributed by atoms with Gasteiger partial charge < -0.3 is 14.8 Å². The molecule has 0 radical (unpaired) electrons. The van der Waals surface area contributed by atoms with Gasteiger partial charge in [-0.1, -0.05) is 0 Å². The fraction of sp³-hybridized carbons (Fsp3) is 0.556. The molecule has 132 valence electrons. The molecule has 2 aliphatic rings. The Balaban J connectivity index is 1.40. The van der Waals surface area contributed by atoms with Crippen molar-refractivity contribution in [2.75, 3.05) is 18.0 Å². The van der Waals surface area contributed by atoms with Crippen molar-refractivity contribution in [3.8, 4) is 0 Å². The van der Waals surface area contributed by atoms with Crippen LogP contribution in [-0.4, -0.2) is 44.8 Å². The Morgan fingerprint density at radius 2 is 2.12 bits per heavy atom. The topological polar surface area (TPSA) is 75.9 Å². The van der Waals surface area contributed by atoms with Gasteiger partial charge in [0.15, 0.2) is 5.82 Å². The van der Waals surface area contributed by atoms with E-state index in [-0.39, 0.29) is 11.9 Å². The predicted octanol–water partition coefficient (Wildman–Crippen LogP) is 1.72. The third-order valence-corrected chi connectivity index (χ3v) is 5.01. The molecular formula is C18H24N6O. The first-order chi connectivity index (χ1) is 12.2. The van der Waals surface area contributed by atoms with Crippen molar-refractivity contribution in [2.24, 2.45) is 0 Å². The molecule has 0 saturated carbocycles. The van der Waals surface area contributed by atoms with Gasteiger partial charge in [0.1, 0.15) is 11.5 Å². The van der Waals surface area contributed by atoms with E-state index >= 15 is 0 Å². The lowest BCUT2D eigenvalue weighted by molar-refractivity contribution is 0.0928. The number of piperidine rings is 1. The maximum absolute atomic E-state index is 12.6. The second-order valence-electron chi connectivity index (χ2n) is 6.98. The first-order valence-corrected chi connectivity index (χ1v) is 9.11. The monoisotopic (exact) mass is 340 g/mol. The van der Waals surface area contributed by atoms with Crippen LogP contribution in [0.2, 0.25) is 0 Å². The van der Waals surface area contributed by atoms with Crippen LogP contribution in [0, 0.1) is 6.92 Å². The van der Waals surface area contributed by atoms with E-state index in [4.69, 9.17) is 0 Å². The van der Waals surface area contributed by atoms with Crippen LogP contribution in [0.15, 0.2) is 18.3 Å². The summed E-state index contributed by atoms with van der Waals surface area (Å²) in [5.74, 6) is 1.85. The predicted molar refractivity (Wildman–Crippen MR) is 94.6 cm³/mol. The van der Waals surface area contributed by atoms with Crippen molar-refractivity contribution in [1.29, 1.82) is 0 Å². The number of aromatic nitrogens is 4. The molecule has 0 spiro atoms. The second-order valence-corrected chi connectivity index (χ2v) is 6.98. The molecule has 4 heterocycles. The summed E-state index contributed by atoms with van der Waals surface area (Å²) in [6.45, 7) is 4.61. The minimum atomic E-state index is -0.0660. The lowest BCUT2D eigenvalue weighted by atomic mass is 10.1. The van der Waals surface area contributed by atoms with E-state index in [0.717, 1.165) is 62.7 Å². The smallest absolute Gasteiger partial charge is 0.271 e. The van der Waals surface area contributed by atoms with Crippen LogP contribution < -0.4 is 10.2 Å². The molecule has 0 aliphatic carbocycles. The standard InChI is InChI=1S/C18H24N6O/c1-13-7-8-17(22-21-13)23-10-4-5-14(11-23)19-18(25)15-12-24-9-3-2-6-16(24)20-15/h7-8,12,14H,2-6,9-11H2,1H3,(H,19,25). The zero-order valence-electron chi connectivity index (χ0n) is 14.6. The van der Waals surface area contributed by atoms with Crippen molar-refractivity contribution >= 4 is 11.7 Å². The van der Waals surface area contributed by atoms with Crippen molar-refractivity contribution in [2.45, 2.75) is 51.6 Å². The van der Waals surface area contributed by atoms with Gasteiger partial charge in [0.2, 0.25) is 0 Å². The number of fused-ring (bicyclic) bond motifs is 1. The van der Waals surface area contributed by atoms with Gasteiger partial charge in [-0.2, -0.15) is 5.10 Å². The third-order valence-electron chi connectivity index (χ3n) is 5.01. The molecule has 1 fully saturated rings. The molecule has 1 N–H and O–H groups in total. The van der Waals surface area contributed by atoms with Gasteiger partial charge in [0.05, 0.1) is 5.69 Å². The highest BCUT2D eigenvalue weighted by Gasteiger charge is 2.24. The molecule has 2 aromatic rings. The number of hydrogen-bond donors (Lipinski definition) is 1. The summed E-state index contributed by atoms with van der Waals surface area (Å²) in [4.78, 5) is 19.3. The number of nitrogens with one attached hydrogen (secondary N) is 1.